The molecule has 0 atom stereocenters. The third-order valence-corrected chi connectivity index (χ3v) is 5.76. The van der Waals surface area contributed by atoms with Crippen LogP contribution in [0.25, 0.3) is 11.3 Å². The van der Waals surface area contributed by atoms with Crippen molar-refractivity contribution < 1.29 is 19.1 Å². The van der Waals surface area contributed by atoms with E-state index in [0.717, 1.165) is 16.9 Å². The summed E-state index contributed by atoms with van der Waals surface area (Å²) in [6.07, 6.45) is 0. The summed E-state index contributed by atoms with van der Waals surface area (Å²) in [5.74, 6) is 0.160. The van der Waals surface area contributed by atoms with Gasteiger partial charge in [-0.15, -0.1) is 0 Å². The number of hydrogen-bond donors (Lipinski definition) is 1. The fourth-order valence-corrected chi connectivity index (χ4v) is 4.22. The second-order valence-electron chi connectivity index (χ2n) is 6.75. The number of nitrogens with one attached hydrogen (secondary N) is 1. The zero-order valence-corrected chi connectivity index (χ0v) is 18.3. The van der Waals surface area contributed by atoms with E-state index in [1.54, 1.807) is 30.3 Å². The molecule has 1 heterocycles. The Hall–Kier alpha value is -3.97. The minimum Gasteiger partial charge on any atom is -0.496 e. The lowest BCUT2D eigenvalue weighted by atomic mass is 10.1. The van der Waals surface area contributed by atoms with Gasteiger partial charge < -0.3 is 9.47 Å². The number of anilines is 1. The summed E-state index contributed by atoms with van der Waals surface area (Å²) in [7, 11) is 2.97. The average Bonchev–Trinajstić information content (AvgIpc) is 3.27. The van der Waals surface area contributed by atoms with Gasteiger partial charge in [0.05, 0.1) is 19.9 Å². The smallest absolute Gasteiger partial charge is 0.265 e. The van der Waals surface area contributed by atoms with Crippen LogP contribution in [0.3, 0.4) is 0 Å². The van der Waals surface area contributed by atoms with Crippen LogP contribution in [-0.2, 0) is 0 Å². The molecule has 1 aromatic heterocycles. The van der Waals surface area contributed by atoms with E-state index in [2.05, 4.69) is 10.3 Å². The predicted molar refractivity (Wildman–Crippen MR) is 125 cm³/mol. The number of methoxy groups -OCH3 is 2. The Morgan fingerprint density at radius 3 is 2.00 bits per heavy atom. The average molecular weight is 445 g/mol. The highest BCUT2D eigenvalue weighted by atomic mass is 32.1. The molecule has 0 saturated heterocycles. The fraction of sp³-hybridized carbons (Fsp3) is 0.0800. The van der Waals surface area contributed by atoms with Crippen LogP contribution < -0.4 is 14.8 Å². The van der Waals surface area contributed by atoms with Crippen molar-refractivity contribution in [1.82, 2.24) is 4.98 Å². The number of ether oxygens (including phenoxy) is 2. The van der Waals surface area contributed by atoms with Gasteiger partial charge in [0.15, 0.2) is 5.13 Å². The molecule has 3 aromatic carbocycles. The standard InChI is InChI=1S/C25H20N2O4S/c1-30-18-14-9-15-19(31-2)20(18)24(29)27-25-26-21(16-10-5-3-6-11-16)23(32-25)22(28)17-12-7-4-8-13-17/h3-15H,1-2H3,(H,26,27,29). The third-order valence-electron chi connectivity index (χ3n) is 4.79. The Kier molecular flexibility index (Phi) is 6.28. The normalized spacial score (nSPS) is 10.4. The molecule has 4 rings (SSSR count). The zero-order chi connectivity index (χ0) is 22.5. The first-order chi connectivity index (χ1) is 15.6. The van der Waals surface area contributed by atoms with E-state index >= 15 is 0 Å². The van der Waals surface area contributed by atoms with Crippen molar-refractivity contribution in [3.63, 3.8) is 0 Å². The molecule has 1 amide bonds. The van der Waals surface area contributed by atoms with E-state index in [0.29, 0.717) is 32.8 Å². The highest BCUT2D eigenvalue weighted by molar-refractivity contribution is 7.18. The molecular weight excluding hydrogens is 424 g/mol. The number of carbonyl (C=O) groups is 2. The van der Waals surface area contributed by atoms with Crippen molar-refractivity contribution in [1.29, 1.82) is 0 Å². The van der Waals surface area contributed by atoms with Gasteiger partial charge in [0.25, 0.3) is 5.91 Å². The van der Waals surface area contributed by atoms with Gasteiger partial charge >= 0.3 is 0 Å². The molecular formula is C25H20N2O4S. The number of aromatic nitrogens is 1. The monoisotopic (exact) mass is 444 g/mol. The Labute approximate surface area is 189 Å². The number of ketones is 1. The number of rotatable bonds is 7. The summed E-state index contributed by atoms with van der Waals surface area (Å²) in [4.78, 5) is 31.3. The summed E-state index contributed by atoms with van der Waals surface area (Å²) in [6.45, 7) is 0. The molecule has 4 aromatic rings. The maximum Gasteiger partial charge on any atom is 0.265 e. The minimum atomic E-state index is -0.439. The Morgan fingerprint density at radius 2 is 1.41 bits per heavy atom. The molecule has 0 unspecified atom stereocenters. The molecule has 0 fully saturated rings. The van der Waals surface area contributed by atoms with E-state index in [-0.39, 0.29) is 11.3 Å². The van der Waals surface area contributed by atoms with E-state index in [1.807, 2.05) is 48.5 Å². The van der Waals surface area contributed by atoms with Crippen LogP contribution >= 0.6 is 11.3 Å². The van der Waals surface area contributed by atoms with Gasteiger partial charge in [0.1, 0.15) is 21.9 Å². The molecule has 1 N–H and O–H groups in total. The molecule has 0 aliphatic carbocycles. The van der Waals surface area contributed by atoms with Gasteiger partial charge in [0, 0.05) is 11.1 Å². The maximum absolute atomic E-state index is 13.2. The lowest BCUT2D eigenvalue weighted by molar-refractivity contribution is 0.101. The molecule has 0 aliphatic heterocycles. The highest BCUT2D eigenvalue weighted by Gasteiger charge is 2.24. The molecule has 160 valence electrons. The van der Waals surface area contributed by atoms with Crippen LogP contribution in [-0.4, -0.2) is 30.9 Å². The molecule has 0 aliphatic rings. The van der Waals surface area contributed by atoms with Crippen molar-refractivity contribution in [2.24, 2.45) is 0 Å². The van der Waals surface area contributed by atoms with Crippen LogP contribution in [0.1, 0.15) is 25.6 Å². The maximum atomic E-state index is 13.2. The molecule has 0 radical (unpaired) electrons. The summed E-state index contributed by atoms with van der Waals surface area (Å²) in [6, 6.07) is 23.5. The third kappa shape index (κ3) is 4.24. The first-order valence-electron chi connectivity index (χ1n) is 9.80. The first kappa shape index (κ1) is 21.3. The molecule has 0 bridgehead atoms. The van der Waals surface area contributed by atoms with Gasteiger partial charge in [-0.3, -0.25) is 14.9 Å². The lowest BCUT2D eigenvalue weighted by Crippen LogP contribution is -2.14. The fourth-order valence-electron chi connectivity index (χ4n) is 3.27. The summed E-state index contributed by atoms with van der Waals surface area (Å²) < 4.78 is 10.7. The van der Waals surface area contributed by atoms with Crippen LogP contribution in [0.15, 0.2) is 78.9 Å². The van der Waals surface area contributed by atoms with Crippen molar-refractivity contribution in [3.05, 3.63) is 94.9 Å². The topological polar surface area (TPSA) is 77.5 Å². The second-order valence-corrected chi connectivity index (χ2v) is 7.75. The van der Waals surface area contributed by atoms with Crippen LogP contribution in [0, 0.1) is 0 Å². The van der Waals surface area contributed by atoms with Crippen LogP contribution in [0.2, 0.25) is 0 Å². The van der Waals surface area contributed by atoms with Gasteiger partial charge in [-0.1, -0.05) is 78.1 Å². The first-order valence-corrected chi connectivity index (χ1v) is 10.6. The summed E-state index contributed by atoms with van der Waals surface area (Å²) >= 11 is 1.13. The van der Waals surface area contributed by atoms with Gasteiger partial charge in [0.2, 0.25) is 5.78 Å². The number of thiazole rings is 1. The predicted octanol–water partition coefficient (Wildman–Crippen LogP) is 5.31. The number of carbonyl (C=O) groups excluding carboxylic acids is 2. The zero-order valence-electron chi connectivity index (χ0n) is 17.5. The molecule has 0 spiro atoms. The number of nitrogens with zero attached hydrogens (tertiary/aromatic N) is 1. The quantitative estimate of drug-likeness (QED) is 0.391. The summed E-state index contributed by atoms with van der Waals surface area (Å²) in [5.41, 5.74) is 2.12. The van der Waals surface area contributed by atoms with Crippen molar-refractivity contribution in [3.8, 4) is 22.8 Å². The van der Waals surface area contributed by atoms with Crippen LogP contribution in [0.5, 0.6) is 11.5 Å². The lowest BCUT2D eigenvalue weighted by Gasteiger charge is -2.11. The van der Waals surface area contributed by atoms with Gasteiger partial charge in [-0.2, -0.15) is 0 Å². The Bertz CT molecular complexity index is 1230. The second kappa shape index (κ2) is 9.45. The summed E-state index contributed by atoms with van der Waals surface area (Å²) in [5, 5.41) is 3.11. The molecule has 6 nitrogen and oxygen atoms in total. The SMILES string of the molecule is COc1cccc(OC)c1C(=O)Nc1nc(-c2ccccc2)c(C(=O)c2ccccc2)s1. The molecule has 32 heavy (non-hydrogen) atoms. The van der Waals surface area contributed by atoms with Gasteiger partial charge in [-0.05, 0) is 12.1 Å². The number of hydrogen-bond acceptors (Lipinski definition) is 6. The van der Waals surface area contributed by atoms with Crippen LogP contribution in [0.4, 0.5) is 5.13 Å². The number of benzene rings is 3. The number of amides is 1. The molecule has 7 heteroatoms. The van der Waals surface area contributed by atoms with Crippen molar-refractivity contribution >= 4 is 28.2 Å². The van der Waals surface area contributed by atoms with E-state index in [4.69, 9.17) is 9.47 Å². The van der Waals surface area contributed by atoms with E-state index < -0.39 is 5.91 Å². The van der Waals surface area contributed by atoms with Gasteiger partial charge in [-0.25, -0.2) is 4.98 Å². The largest absolute Gasteiger partial charge is 0.496 e. The molecule has 0 saturated carbocycles. The Balaban J connectivity index is 1.74. The van der Waals surface area contributed by atoms with Crippen molar-refractivity contribution in [2.75, 3.05) is 19.5 Å². The van der Waals surface area contributed by atoms with E-state index in [9.17, 15) is 9.59 Å². The minimum absolute atomic E-state index is 0.155. The Morgan fingerprint density at radius 1 is 0.812 bits per heavy atom. The van der Waals surface area contributed by atoms with Crippen molar-refractivity contribution in [2.45, 2.75) is 0 Å². The van der Waals surface area contributed by atoms with E-state index in [1.165, 1.54) is 14.2 Å². The highest BCUT2D eigenvalue weighted by Crippen LogP contribution is 2.34.